The number of aromatic nitrogens is 2. The van der Waals surface area contributed by atoms with E-state index in [-0.39, 0.29) is 11.2 Å². The van der Waals surface area contributed by atoms with Crippen LogP contribution >= 0.6 is 22.7 Å². The number of hydrogen-bond acceptors (Lipinski definition) is 6. The average molecular weight is 390 g/mol. The summed E-state index contributed by atoms with van der Waals surface area (Å²) in [7, 11) is 0. The molecule has 0 aliphatic carbocycles. The summed E-state index contributed by atoms with van der Waals surface area (Å²) in [6.07, 6.45) is 4.39. The third-order valence-electron chi connectivity index (χ3n) is 4.10. The minimum atomic E-state index is -0.675. The molecule has 0 radical (unpaired) electrons. The fourth-order valence-electron chi connectivity index (χ4n) is 2.79. The van der Waals surface area contributed by atoms with E-state index in [2.05, 4.69) is 20.6 Å². The zero-order chi connectivity index (χ0) is 17.9. The fourth-order valence-corrected chi connectivity index (χ4v) is 4.25. The molecule has 1 fully saturated rings. The normalized spacial score (nSPS) is 13.8. The summed E-state index contributed by atoms with van der Waals surface area (Å²) in [6, 6.07) is 4.86. The van der Waals surface area contributed by atoms with E-state index in [0.717, 1.165) is 10.2 Å². The van der Waals surface area contributed by atoms with Gasteiger partial charge in [-0.2, -0.15) is 0 Å². The predicted molar refractivity (Wildman–Crippen MR) is 105 cm³/mol. The molecule has 4 aromatic rings. The van der Waals surface area contributed by atoms with E-state index in [1.165, 1.54) is 60.2 Å². The van der Waals surface area contributed by atoms with Gasteiger partial charge < -0.3 is 10.6 Å². The molecule has 1 aliphatic rings. The first-order valence-electron chi connectivity index (χ1n) is 8.25. The van der Waals surface area contributed by atoms with Crippen LogP contribution in [0, 0.1) is 11.6 Å². The second-order valence-corrected chi connectivity index (χ2v) is 7.61. The first-order valence-corrected chi connectivity index (χ1v) is 10.0. The van der Waals surface area contributed by atoms with Crippen molar-refractivity contribution in [2.75, 3.05) is 18.4 Å². The molecule has 3 aromatic heterocycles. The Kier molecular flexibility index (Phi) is 5.05. The number of halogens is 2. The average Bonchev–Trinajstić information content (AvgIpc) is 3.41. The fraction of sp³-hybridized carbons (Fsp3) is 0.222. The second kappa shape index (κ2) is 7.61. The van der Waals surface area contributed by atoms with Gasteiger partial charge in [-0.25, -0.2) is 18.7 Å². The van der Waals surface area contributed by atoms with E-state index < -0.39 is 11.6 Å². The summed E-state index contributed by atoms with van der Waals surface area (Å²) >= 11 is 2.68. The quantitative estimate of drug-likeness (QED) is 0.488. The maximum absolute atomic E-state index is 14.4. The first kappa shape index (κ1) is 17.3. The highest BCUT2D eigenvalue weighted by Crippen LogP contribution is 2.34. The Morgan fingerprint density at radius 2 is 1.92 bits per heavy atom. The van der Waals surface area contributed by atoms with Crippen LogP contribution in [-0.2, 0) is 0 Å². The van der Waals surface area contributed by atoms with Crippen molar-refractivity contribution >= 4 is 54.5 Å². The number of rotatable bonds is 2. The van der Waals surface area contributed by atoms with E-state index in [9.17, 15) is 8.78 Å². The van der Waals surface area contributed by atoms with Gasteiger partial charge >= 0.3 is 0 Å². The van der Waals surface area contributed by atoms with Gasteiger partial charge in [-0.3, -0.25) is 0 Å². The van der Waals surface area contributed by atoms with Crippen LogP contribution in [0.25, 0.3) is 20.4 Å². The van der Waals surface area contributed by atoms with E-state index in [4.69, 9.17) is 0 Å². The van der Waals surface area contributed by atoms with Crippen LogP contribution in [-0.4, -0.2) is 23.1 Å². The largest absolute Gasteiger partial charge is 0.350 e. The van der Waals surface area contributed by atoms with Gasteiger partial charge in [0, 0.05) is 11.6 Å². The topological polar surface area (TPSA) is 49.8 Å². The number of thiazole rings is 1. The molecule has 1 aliphatic heterocycles. The number of fused-ring (bicyclic) bond motifs is 2. The molecular formula is C18H16F2N4S2. The molecule has 8 heteroatoms. The highest BCUT2D eigenvalue weighted by Gasteiger charge is 2.17. The Morgan fingerprint density at radius 3 is 2.69 bits per heavy atom. The van der Waals surface area contributed by atoms with E-state index in [0.29, 0.717) is 10.4 Å². The Labute approximate surface area is 156 Å². The number of benzene rings is 1. The number of thiophene rings is 1. The van der Waals surface area contributed by atoms with Crippen molar-refractivity contribution in [1.29, 1.82) is 0 Å². The van der Waals surface area contributed by atoms with Crippen molar-refractivity contribution in [3.8, 4) is 0 Å². The van der Waals surface area contributed by atoms with Gasteiger partial charge in [-0.15, -0.1) is 22.7 Å². The molecule has 0 amide bonds. The molecule has 1 aromatic carbocycles. The van der Waals surface area contributed by atoms with Crippen molar-refractivity contribution in [1.82, 2.24) is 15.3 Å². The molecule has 0 atom stereocenters. The summed E-state index contributed by atoms with van der Waals surface area (Å²) in [5, 5.41) is 8.78. The molecule has 1 saturated heterocycles. The van der Waals surface area contributed by atoms with Crippen LogP contribution in [0.3, 0.4) is 0 Å². The smallest absolute Gasteiger partial charge is 0.176 e. The SMILES string of the molecule is C1CCNC1.Fc1cc2scnc2c(F)c1Nc1ccnc2sccc12. The zero-order valence-electron chi connectivity index (χ0n) is 13.8. The molecule has 134 valence electrons. The molecule has 5 rings (SSSR count). The Morgan fingerprint density at radius 1 is 1.08 bits per heavy atom. The Balaban J connectivity index is 0.000000292. The van der Waals surface area contributed by atoms with E-state index >= 15 is 0 Å². The van der Waals surface area contributed by atoms with Gasteiger partial charge in [0.2, 0.25) is 0 Å². The van der Waals surface area contributed by atoms with Crippen molar-refractivity contribution in [2.45, 2.75) is 12.8 Å². The first-order chi connectivity index (χ1) is 12.7. The van der Waals surface area contributed by atoms with Gasteiger partial charge in [0.25, 0.3) is 0 Å². The lowest BCUT2D eigenvalue weighted by atomic mass is 10.2. The molecule has 0 spiro atoms. The van der Waals surface area contributed by atoms with Gasteiger partial charge in [0.1, 0.15) is 16.0 Å². The van der Waals surface area contributed by atoms with Gasteiger partial charge in [0.05, 0.1) is 15.9 Å². The number of pyridine rings is 1. The maximum Gasteiger partial charge on any atom is 0.176 e. The van der Waals surface area contributed by atoms with E-state index in [1.54, 1.807) is 12.3 Å². The molecular weight excluding hydrogens is 374 g/mol. The Hall–Kier alpha value is -2.16. The lowest BCUT2D eigenvalue weighted by Crippen LogP contribution is -2.03. The van der Waals surface area contributed by atoms with Crippen LogP contribution < -0.4 is 10.6 Å². The summed E-state index contributed by atoms with van der Waals surface area (Å²) < 4.78 is 29.0. The molecule has 26 heavy (non-hydrogen) atoms. The van der Waals surface area contributed by atoms with Crippen molar-refractivity contribution in [3.05, 3.63) is 46.9 Å². The van der Waals surface area contributed by atoms with Crippen LogP contribution in [0.2, 0.25) is 0 Å². The molecule has 0 unspecified atom stereocenters. The standard InChI is InChI=1S/C14H7F2N3S2.C4H9N/c15-8-5-10-13(18-6-21-10)11(16)12(8)19-9-1-3-17-14-7(9)2-4-20-14;1-2-4-5-3-1/h1-6H,(H,17,19);5H,1-4H2. The molecule has 0 saturated carbocycles. The van der Waals surface area contributed by atoms with Crippen molar-refractivity contribution < 1.29 is 8.78 Å². The minimum Gasteiger partial charge on any atom is -0.350 e. The van der Waals surface area contributed by atoms with Crippen molar-refractivity contribution in [3.63, 3.8) is 0 Å². The lowest BCUT2D eigenvalue weighted by Gasteiger charge is -2.10. The van der Waals surface area contributed by atoms with Crippen LogP contribution in [0.1, 0.15) is 12.8 Å². The summed E-state index contributed by atoms with van der Waals surface area (Å²) in [5.74, 6) is -1.31. The number of nitrogens with one attached hydrogen (secondary N) is 2. The Bertz CT molecular complexity index is 1030. The summed E-state index contributed by atoms with van der Waals surface area (Å²) in [5.41, 5.74) is 2.11. The monoisotopic (exact) mass is 390 g/mol. The van der Waals surface area contributed by atoms with Crippen molar-refractivity contribution in [2.24, 2.45) is 0 Å². The van der Waals surface area contributed by atoms with Gasteiger partial charge in [-0.05, 0) is 49.5 Å². The van der Waals surface area contributed by atoms with Crippen LogP contribution in [0.4, 0.5) is 20.2 Å². The summed E-state index contributed by atoms with van der Waals surface area (Å²) in [4.78, 5) is 8.97. The molecule has 2 N–H and O–H groups in total. The van der Waals surface area contributed by atoms with Gasteiger partial charge in [0.15, 0.2) is 11.6 Å². The molecule has 0 bridgehead atoms. The molecule has 4 nitrogen and oxygen atoms in total. The predicted octanol–water partition coefficient (Wildman–Crippen LogP) is 5.30. The second-order valence-electron chi connectivity index (χ2n) is 5.83. The summed E-state index contributed by atoms with van der Waals surface area (Å²) in [6.45, 7) is 2.50. The zero-order valence-corrected chi connectivity index (χ0v) is 15.4. The van der Waals surface area contributed by atoms with Crippen LogP contribution in [0.5, 0.6) is 0 Å². The number of hydrogen-bond donors (Lipinski definition) is 2. The maximum atomic E-state index is 14.4. The molecule has 4 heterocycles. The highest BCUT2D eigenvalue weighted by molar-refractivity contribution is 7.17. The highest BCUT2D eigenvalue weighted by atomic mass is 32.1. The van der Waals surface area contributed by atoms with Gasteiger partial charge in [-0.1, -0.05) is 0 Å². The minimum absolute atomic E-state index is 0.180. The number of anilines is 2. The van der Waals surface area contributed by atoms with Crippen LogP contribution in [0.15, 0.2) is 35.3 Å². The third kappa shape index (κ3) is 3.40. The lowest BCUT2D eigenvalue weighted by molar-refractivity contribution is 0.598. The van der Waals surface area contributed by atoms with E-state index in [1.807, 2.05) is 11.4 Å². The third-order valence-corrected chi connectivity index (χ3v) is 5.70. The number of nitrogens with zero attached hydrogens (tertiary/aromatic N) is 2.